The maximum Gasteiger partial charge on any atom is 0.231 e. The molecular weight excluding hydrogens is 264 g/mol. The maximum atomic E-state index is 5.81. The number of pyridine rings is 1. The second-order valence-electron chi connectivity index (χ2n) is 4.75. The Hall–Kier alpha value is -1.46. The molecule has 19 heavy (non-hydrogen) atoms. The molecule has 1 saturated carbocycles. The summed E-state index contributed by atoms with van der Waals surface area (Å²) in [6.07, 6.45) is 5.01. The van der Waals surface area contributed by atoms with Gasteiger partial charge in [-0.3, -0.25) is 4.98 Å². The molecule has 1 N–H and O–H groups in total. The first kappa shape index (κ1) is 12.6. The highest BCUT2D eigenvalue weighted by atomic mass is 35.5. The Balaban J connectivity index is 1.85. The second-order valence-corrected chi connectivity index (χ2v) is 5.19. The van der Waals surface area contributed by atoms with Gasteiger partial charge in [0.2, 0.25) is 11.7 Å². The van der Waals surface area contributed by atoms with E-state index in [-0.39, 0.29) is 0 Å². The molecule has 6 heteroatoms. The third-order valence-electron chi connectivity index (χ3n) is 3.60. The van der Waals surface area contributed by atoms with E-state index in [0.29, 0.717) is 34.4 Å². The van der Waals surface area contributed by atoms with Gasteiger partial charge < -0.3 is 9.84 Å². The van der Waals surface area contributed by atoms with Gasteiger partial charge >= 0.3 is 0 Å². The van der Waals surface area contributed by atoms with Gasteiger partial charge in [0.15, 0.2) is 0 Å². The summed E-state index contributed by atoms with van der Waals surface area (Å²) in [5.74, 6) is 1.52. The highest BCUT2D eigenvalue weighted by molar-refractivity contribution is 6.30. The minimum absolute atomic E-state index is 0.304. The van der Waals surface area contributed by atoms with Gasteiger partial charge in [-0.15, -0.1) is 0 Å². The number of hydrogen-bond donors (Lipinski definition) is 1. The van der Waals surface area contributed by atoms with Crippen LogP contribution in [0.25, 0.3) is 11.5 Å². The standard InChI is InChI=1S/C13H15ClN4O/c1-15-10-4-2-3-9(10)13-17-12(18-19-13)11-6-5-8(14)7-16-11/h5-7,9-10,15H,2-4H2,1H3. The van der Waals surface area contributed by atoms with Crippen LogP contribution in [-0.2, 0) is 0 Å². The summed E-state index contributed by atoms with van der Waals surface area (Å²) in [6, 6.07) is 3.99. The fourth-order valence-electron chi connectivity index (χ4n) is 2.60. The van der Waals surface area contributed by atoms with E-state index in [4.69, 9.17) is 16.1 Å². The molecule has 0 amide bonds. The molecule has 0 aromatic carbocycles. The number of nitrogens with one attached hydrogen (secondary N) is 1. The lowest BCUT2D eigenvalue weighted by molar-refractivity contribution is 0.335. The van der Waals surface area contributed by atoms with E-state index in [1.807, 2.05) is 7.05 Å². The molecule has 2 heterocycles. The van der Waals surface area contributed by atoms with Crippen molar-refractivity contribution in [2.75, 3.05) is 7.05 Å². The van der Waals surface area contributed by atoms with Crippen LogP contribution in [0.4, 0.5) is 0 Å². The van der Waals surface area contributed by atoms with E-state index in [9.17, 15) is 0 Å². The molecule has 100 valence electrons. The van der Waals surface area contributed by atoms with Crippen molar-refractivity contribution in [1.82, 2.24) is 20.4 Å². The second kappa shape index (κ2) is 5.27. The van der Waals surface area contributed by atoms with Crippen molar-refractivity contribution >= 4 is 11.6 Å². The Morgan fingerprint density at radius 1 is 1.37 bits per heavy atom. The molecule has 0 spiro atoms. The van der Waals surface area contributed by atoms with Gasteiger partial charge in [0.25, 0.3) is 0 Å². The van der Waals surface area contributed by atoms with E-state index in [1.54, 1.807) is 18.3 Å². The predicted molar refractivity (Wildman–Crippen MR) is 72.0 cm³/mol. The Morgan fingerprint density at radius 3 is 3.00 bits per heavy atom. The van der Waals surface area contributed by atoms with E-state index < -0.39 is 0 Å². The molecule has 1 fully saturated rings. The molecule has 5 nitrogen and oxygen atoms in total. The largest absolute Gasteiger partial charge is 0.339 e. The van der Waals surface area contributed by atoms with Crippen LogP contribution in [0.15, 0.2) is 22.9 Å². The van der Waals surface area contributed by atoms with Crippen molar-refractivity contribution in [2.24, 2.45) is 0 Å². The van der Waals surface area contributed by atoms with Gasteiger partial charge in [0.05, 0.1) is 10.9 Å². The van der Waals surface area contributed by atoms with E-state index in [2.05, 4.69) is 20.4 Å². The van der Waals surface area contributed by atoms with Gasteiger partial charge in [0, 0.05) is 12.2 Å². The Bertz CT molecular complexity index is 554. The zero-order valence-corrected chi connectivity index (χ0v) is 11.4. The van der Waals surface area contributed by atoms with Crippen LogP contribution in [0.1, 0.15) is 31.1 Å². The average Bonchev–Trinajstić information content (AvgIpc) is 3.07. The van der Waals surface area contributed by atoms with Gasteiger partial charge in [-0.1, -0.05) is 23.2 Å². The summed E-state index contributed by atoms with van der Waals surface area (Å²) in [5.41, 5.74) is 0.679. The van der Waals surface area contributed by atoms with Crippen molar-refractivity contribution in [1.29, 1.82) is 0 Å². The quantitative estimate of drug-likeness (QED) is 0.935. The third kappa shape index (κ3) is 2.48. The molecule has 3 rings (SSSR count). The Kier molecular flexibility index (Phi) is 3.48. The van der Waals surface area contributed by atoms with Crippen molar-refractivity contribution < 1.29 is 4.52 Å². The fraction of sp³-hybridized carbons (Fsp3) is 0.462. The van der Waals surface area contributed by atoms with Gasteiger partial charge in [0.1, 0.15) is 5.69 Å². The zero-order chi connectivity index (χ0) is 13.2. The van der Waals surface area contributed by atoms with Crippen molar-refractivity contribution in [3.05, 3.63) is 29.2 Å². The molecule has 0 radical (unpaired) electrons. The first-order valence-corrected chi connectivity index (χ1v) is 6.78. The number of rotatable bonds is 3. The third-order valence-corrected chi connectivity index (χ3v) is 3.83. The zero-order valence-electron chi connectivity index (χ0n) is 10.6. The van der Waals surface area contributed by atoms with E-state index in [1.165, 1.54) is 6.42 Å². The topological polar surface area (TPSA) is 63.8 Å². The predicted octanol–water partition coefficient (Wildman–Crippen LogP) is 2.64. The summed E-state index contributed by atoms with van der Waals surface area (Å²) < 4.78 is 5.39. The summed E-state index contributed by atoms with van der Waals surface area (Å²) in [4.78, 5) is 8.66. The van der Waals surface area contributed by atoms with Crippen LogP contribution < -0.4 is 5.32 Å². The molecule has 2 aromatic rings. The molecule has 0 aliphatic heterocycles. The van der Waals surface area contributed by atoms with Gasteiger partial charge in [-0.25, -0.2) is 0 Å². The van der Waals surface area contributed by atoms with Crippen molar-refractivity contribution in [3.8, 4) is 11.5 Å². The van der Waals surface area contributed by atoms with Crippen LogP contribution in [0.5, 0.6) is 0 Å². The lowest BCUT2D eigenvalue weighted by Crippen LogP contribution is -2.27. The monoisotopic (exact) mass is 278 g/mol. The Morgan fingerprint density at radius 2 is 2.26 bits per heavy atom. The van der Waals surface area contributed by atoms with Crippen molar-refractivity contribution in [2.45, 2.75) is 31.2 Å². The molecule has 1 aliphatic carbocycles. The van der Waals surface area contributed by atoms with Crippen LogP contribution in [0.3, 0.4) is 0 Å². The van der Waals surface area contributed by atoms with Gasteiger partial charge in [-0.05, 0) is 32.0 Å². The van der Waals surface area contributed by atoms with Crippen molar-refractivity contribution in [3.63, 3.8) is 0 Å². The molecule has 0 bridgehead atoms. The lowest BCUT2D eigenvalue weighted by Gasteiger charge is -2.14. The number of hydrogen-bond acceptors (Lipinski definition) is 5. The molecular formula is C13H15ClN4O. The number of nitrogens with zero attached hydrogens (tertiary/aromatic N) is 3. The maximum absolute atomic E-state index is 5.81. The fourth-order valence-corrected chi connectivity index (χ4v) is 2.71. The summed E-state index contributed by atoms with van der Waals surface area (Å²) in [6.45, 7) is 0. The molecule has 2 atom stereocenters. The van der Waals surface area contributed by atoms with Crippen LogP contribution in [0, 0.1) is 0 Å². The average molecular weight is 279 g/mol. The first-order valence-electron chi connectivity index (χ1n) is 6.40. The van der Waals surface area contributed by atoms with E-state index >= 15 is 0 Å². The van der Waals surface area contributed by atoms with Crippen LogP contribution in [0.2, 0.25) is 5.02 Å². The summed E-state index contributed by atoms with van der Waals surface area (Å²) in [7, 11) is 1.97. The van der Waals surface area contributed by atoms with Crippen LogP contribution >= 0.6 is 11.6 Å². The van der Waals surface area contributed by atoms with Crippen LogP contribution in [-0.4, -0.2) is 28.2 Å². The minimum atomic E-state index is 0.304. The summed E-state index contributed by atoms with van der Waals surface area (Å²) in [5, 5.41) is 7.91. The summed E-state index contributed by atoms with van der Waals surface area (Å²) >= 11 is 5.81. The van der Waals surface area contributed by atoms with E-state index in [0.717, 1.165) is 12.8 Å². The highest BCUT2D eigenvalue weighted by Gasteiger charge is 2.31. The minimum Gasteiger partial charge on any atom is -0.339 e. The number of halogens is 1. The molecule has 2 unspecified atom stereocenters. The lowest BCUT2D eigenvalue weighted by atomic mass is 10.0. The Labute approximate surface area is 116 Å². The normalized spacial score (nSPS) is 22.8. The SMILES string of the molecule is CNC1CCCC1c1nc(-c2ccc(Cl)cn2)no1. The number of aromatic nitrogens is 3. The molecule has 2 aromatic heterocycles. The molecule has 1 aliphatic rings. The highest BCUT2D eigenvalue weighted by Crippen LogP contribution is 2.34. The molecule has 0 saturated heterocycles. The van der Waals surface area contributed by atoms with Gasteiger partial charge in [-0.2, -0.15) is 4.98 Å². The smallest absolute Gasteiger partial charge is 0.231 e. The first-order chi connectivity index (χ1) is 9.28. The number of likely N-dealkylation sites (N-methyl/N-ethyl adjacent to an activating group) is 1.